The number of ether oxygens (including phenoxy) is 4. The highest BCUT2D eigenvalue weighted by atomic mass is 31.2. The molecule has 0 aromatic heterocycles. The Balaban J connectivity index is 5.29. The highest BCUT2D eigenvalue weighted by Gasteiger charge is 2.30. The smallest absolute Gasteiger partial charge is 0.462 e. The van der Waals surface area contributed by atoms with Gasteiger partial charge in [-0.05, 0) is 63.2 Å². The fourth-order valence-electron chi connectivity index (χ4n) is 10.9. The summed E-state index contributed by atoms with van der Waals surface area (Å²) < 4.78 is 68.4. The van der Waals surface area contributed by atoms with E-state index >= 15 is 0 Å². The Morgan fingerprint density at radius 1 is 0.330 bits per heavy atom. The molecule has 0 rings (SSSR count). The van der Waals surface area contributed by atoms with Gasteiger partial charge in [0.1, 0.15) is 19.3 Å². The first-order chi connectivity index (χ1) is 45.4. The number of phosphoric ester groups is 2. The van der Waals surface area contributed by atoms with E-state index in [4.69, 9.17) is 37.0 Å². The molecule has 0 aliphatic rings. The van der Waals surface area contributed by atoms with Gasteiger partial charge >= 0.3 is 39.5 Å². The summed E-state index contributed by atoms with van der Waals surface area (Å²) in [4.78, 5) is 72.7. The van der Waals surface area contributed by atoms with Crippen LogP contribution >= 0.6 is 15.6 Å². The van der Waals surface area contributed by atoms with Crippen molar-refractivity contribution in [2.75, 3.05) is 39.6 Å². The lowest BCUT2D eigenvalue weighted by atomic mass is 10.0. The van der Waals surface area contributed by atoms with E-state index in [1.165, 1.54) is 161 Å². The summed E-state index contributed by atoms with van der Waals surface area (Å²) in [5.74, 6) is -0.664. The molecule has 2 unspecified atom stereocenters. The molecule has 554 valence electrons. The van der Waals surface area contributed by atoms with Gasteiger partial charge < -0.3 is 33.8 Å². The van der Waals surface area contributed by atoms with Crippen LogP contribution in [-0.4, -0.2) is 96.7 Å². The van der Waals surface area contributed by atoms with E-state index in [2.05, 4.69) is 65.8 Å². The van der Waals surface area contributed by atoms with Crippen LogP contribution < -0.4 is 0 Å². The third-order valence-electron chi connectivity index (χ3n) is 16.8. The molecule has 0 aliphatic heterocycles. The van der Waals surface area contributed by atoms with Crippen LogP contribution in [0.4, 0.5) is 0 Å². The predicted molar refractivity (Wildman–Crippen MR) is 381 cm³/mol. The van der Waals surface area contributed by atoms with Crippen molar-refractivity contribution in [3.8, 4) is 0 Å². The minimum absolute atomic E-state index is 0.0850. The first-order valence-corrected chi connectivity index (χ1v) is 41.3. The highest BCUT2D eigenvalue weighted by molar-refractivity contribution is 7.47. The fraction of sp³-hybridized carbons (Fsp3) is 0.893. The molecule has 0 fully saturated rings. The van der Waals surface area contributed by atoms with Crippen LogP contribution in [0.1, 0.15) is 363 Å². The zero-order valence-corrected chi connectivity index (χ0v) is 62.5. The average Bonchev–Trinajstić information content (AvgIpc) is 2.57. The topological polar surface area (TPSA) is 237 Å². The zero-order chi connectivity index (χ0) is 69.3. The summed E-state index contributed by atoms with van der Waals surface area (Å²) in [5, 5.41) is 10.6. The van der Waals surface area contributed by atoms with E-state index in [0.29, 0.717) is 31.6 Å². The second-order valence-corrected chi connectivity index (χ2v) is 30.2. The quantitative estimate of drug-likeness (QED) is 0.0169. The van der Waals surface area contributed by atoms with Crippen LogP contribution in [-0.2, 0) is 65.4 Å². The molecule has 0 amide bonds. The second kappa shape index (κ2) is 66.4. The Kier molecular flexibility index (Phi) is 64.7. The molecule has 94 heavy (non-hydrogen) atoms. The Hall–Kier alpha value is -2.46. The summed E-state index contributed by atoms with van der Waals surface area (Å²) >= 11 is 0. The van der Waals surface area contributed by atoms with E-state index in [0.717, 1.165) is 115 Å². The maximum Gasteiger partial charge on any atom is 0.472 e. The lowest BCUT2D eigenvalue weighted by Crippen LogP contribution is -2.30. The molecule has 5 atom stereocenters. The Labute approximate surface area is 573 Å². The van der Waals surface area contributed by atoms with E-state index in [9.17, 15) is 43.2 Å². The van der Waals surface area contributed by atoms with E-state index in [-0.39, 0.29) is 25.7 Å². The molecular formula is C75H142O17P2. The van der Waals surface area contributed by atoms with Crippen molar-refractivity contribution >= 4 is 39.5 Å². The standard InChI is InChI=1S/C75H142O17P2/c1-7-9-11-13-15-17-19-21-23-25-31-35-41-48-54-60-74(79)91-70(63-85-72(77)57-51-45-39-33-29-27-26-28-32-37-43-49-55-67(3)4)65-89-93(81,82)87-61-69(76)62-88-94(83,84)90-66-71(64-86-73(78)58-52-46-42-36-38-44-50-56-68(5)6)92-75(80)59-53-47-40-34-30-24-22-20-18-16-14-12-10-8-2/h17,19,21,23,67-71,76H,7-16,18,20,22,24-66H2,1-6H3,(H,81,82)(H,83,84)/b19-17-,23-21-/t69-,70-,71-/m1/s1. The average molecular weight is 1380 g/mol. The van der Waals surface area contributed by atoms with Crippen molar-refractivity contribution in [1.82, 2.24) is 0 Å². The molecule has 3 N–H and O–H groups in total. The van der Waals surface area contributed by atoms with Gasteiger partial charge in [-0.25, -0.2) is 9.13 Å². The molecule has 0 heterocycles. The normalized spacial score (nSPS) is 14.2. The van der Waals surface area contributed by atoms with Gasteiger partial charge in [0.05, 0.1) is 26.4 Å². The molecule has 0 aliphatic carbocycles. The van der Waals surface area contributed by atoms with Crippen molar-refractivity contribution in [1.29, 1.82) is 0 Å². The molecular weight excluding hydrogens is 1230 g/mol. The molecule has 0 bridgehead atoms. The second-order valence-electron chi connectivity index (χ2n) is 27.3. The number of aliphatic hydroxyl groups excluding tert-OH is 1. The number of phosphoric acid groups is 2. The lowest BCUT2D eigenvalue weighted by molar-refractivity contribution is -0.161. The molecule has 17 nitrogen and oxygen atoms in total. The molecule has 0 saturated heterocycles. The van der Waals surface area contributed by atoms with E-state index < -0.39 is 97.5 Å². The molecule has 19 heteroatoms. The summed E-state index contributed by atoms with van der Waals surface area (Å²) in [6, 6.07) is 0. The van der Waals surface area contributed by atoms with E-state index in [1.54, 1.807) is 0 Å². The maximum atomic E-state index is 13.1. The zero-order valence-electron chi connectivity index (χ0n) is 60.7. The fourth-order valence-corrected chi connectivity index (χ4v) is 12.5. The van der Waals surface area contributed by atoms with Crippen molar-refractivity contribution in [2.45, 2.75) is 381 Å². The molecule has 0 radical (unpaired) electrons. The summed E-state index contributed by atoms with van der Waals surface area (Å²) in [6.07, 6.45) is 56.3. The maximum absolute atomic E-state index is 13.1. The lowest BCUT2D eigenvalue weighted by Gasteiger charge is -2.21. The van der Waals surface area contributed by atoms with Crippen LogP contribution in [0.15, 0.2) is 24.3 Å². The Bertz CT molecular complexity index is 1910. The minimum Gasteiger partial charge on any atom is -0.462 e. The summed E-state index contributed by atoms with van der Waals surface area (Å²) in [6.45, 7) is 9.48. The number of hydrogen-bond acceptors (Lipinski definition) is 15. The Morgan fingerprint density at radius 3 is 0.872 bits per heavy atom. The van der Waals surface area contributed by atoms with E-state index in [1.807, 2.05) is 0 Å². The minimum atomic E-state index is -4.96. The third-order valence-corrected chi connectivity index (χ3v) is 18.7. The number of rotatable bonds is 72. The monoisotopic (exact) mass is 1380 g/mol. The third kappa shape index (κ3) is 68.1. The predicted octanol–water partition coefficient (Wildman–Crippen LogP) is 21.5. The first kappa shape index (κ1) is 91.5. The van der Waals surface area contributed by atoms with Gasteiger partial charge in [0, 0.05) is 25.7 Å². The van der Waals surface area contributed by atoms with Gasteiger partial charge in [0.25, 0.3) is 0 Å². The van der Waals surface area contributed by atoms with Crippen LogP contribution in [0.5, 0.6) is 0 Å². The van der Waals surface area contributed by atoms with Gasteiger partial charge in [-0.15, -0.1) is 0 Å². The van der Waals surface area contributed by atoms with Crippen LogP contribution in [0.2, 0.25) is 0 Å². The van der Waals surface area contributed by atoms with Gasteiger partial charge in [-0.2, -0.15) is 0 Å². The molecule has 0 spiro atoms. The summed E-state index contributed by atoms with van der Waals surface area (Å²) in [5.41, 5.74) is 0. The number of allylic oxidation sites excluding steroid dienone is 4. The van der Waals surface area contributed by atoms with Gasteiger partial charge in [-0.3, -0.25) is 37.3 Å². The SMILES string of the molecule is CCCCCC/C=C\C=C/CCCCCCCC(=O)O[C@H](COC(=O)CCCCCCCCCCCCCCC(C)C)COP(=O)(O)OC[C@@H](O)COP(=O)(O)OC[C@@H](COC(=O)CCCCCCCCCC(C)C)OC(=O)CCCCCCCCCCCCCCCC. The van der Waals surface area contributed by atoms with Crippen LogP contribution in [0.3, 0.4) is 0 Å². The number of esters is 4. The van der Waals surface area contributed by atoms with Crippen LogP contribution in [0.25, 0.3) is 0 Å². The van der Waals surface area contributed by atoms with Gasteiger partial charge in [0.15, 0.2) is 12.2 Å². The largest absolute Gasteiger partial charge is 0.472 e. The number of carbonyl (C=O) groups excluding carboxylic acids is 4. The van der Waals surface area contributed by atoms with Crippen LogP contribution in [0, 0.1) is 11.8 Å². The number of aliphatic hydroxyl groups is 1. The van der Waals surface area contributed by atoms with Crippen molar-refractivity contribution < 1.29 is 80.2 Å². The van der Waals surface area contributed by atoms with Gasteiger partial charge in [-0.1, -0.05) is 310 Å². The first-order valence-electron chi connectivity index (χ1n) is 38.3. The Morgan fingerprint density at radius 2 is 0.574 bits per heavy atom. The van der Waals surface area contributed by atoms with Crippen molar-refractivity contribution in [3.05, 3.63) is 24.3 Å². The molecule has 0 aromatic carbocycles. The summed E-state index contributed by atoms with van der Waals surface area (Å²) in [7, 11) is -9.92. The van der Waals surface area contributed by atoms with Crippen molar-refractivity contribution in [2.24, 2.45) is 11.8 Å². The highest BCUT2D eigenvalue weighted by Crippen LogP contribution is 2.45. The van der Waals surface area contributed by atoms with Gasteiger partial charge in [0.2, 0.25) is 0 Å². The number of hydrogen-bond donors (Lipinski definition) is 3. The van der Waals surface area contributed by atoms with Crippen molar-refractivity contribution in [3.63, 3.8) is 0 Å². The molecule has 0 saturated carbocycles. The number of carbonyl (C=O) groups is 4. The molecule has 0 aromatic rings. The number of unbranched alkanes of at least 4 members (excludes halogenated alkanes) is 39.